The molecule has 0 aliphatic carbocycles. The van der Waals surface area contributed by atoms with Gasteiger partial charge in [-0.25, -0.2) is 14.8 Å². The van der Waals surface area contributed by atoms with Crippen molar-refractivity contribution in [3.8, 4) is 29.0 Å². The summed E-state index contributed by atoms with van der Waals surface area (Å²) in [6, 6.07) is 19.6. The van der Waals surface area contributed by atoms with E-state index in [1.807, 2.05) is 35.9 Å². The summed E-state index contributed by atoms with van der Waals surface area (Å²) in [6.45, 7) is 0.271. The van der Waals surface area contributed by atoms with E-state index in [0.717, 1.165) is 51.4 Å². The summed E-state index contributed by atoms with van der Waals surface area (Å²) in [5.41, 5.74) is 8.24. The lowest BCUT2D eigenvalue weighted by Crippen LogP contribution is -2.08. The van der Waals surface area contributed by atoms with Gasteiger partial charge in [0.1, 0.15) is 29.8 Å². The third kappa shape index (κ3) is 4.96. The number of imidazole rings is 1. The maximum atomic E-state index is 12.3. The first kappa shape index (κ1) is 26.0. The number of methoxy groups -OCH3 is 2. The molecule has 0 unspecified atom stereocenters. The fraction of sp³-hybridized carbons (Fsp3) is 0.219. The highest BCUT2D eigenvalue weighted by atomic mass is 16.5. The van der Waals surface area contributed by atoms with Gasteiger partial charge in [0.05, 0.1) is 42.3 Å². The maximum absolute atomic E-state index is 12.3. The number of nitriles is 1. The zero-order valence-corrected chi connectivity index (χ0v) is 23.0. The molecule has 3 aromatic heterocycles. The van der Waals surface area contributed by atoms with E-state index in [2.05, 4.69) is 29.3 Å². The van der Waals surface area contributed by atoms with Crippen LogP contribution in [0.2, 0.25) is 0 Å². The van der Waals surface area contributed by atoms with Crippen LogP contribution in [0.4, 0.5) is 0 Å². The molecule has 0 atom stereocenters. The molecule has 6 rings (SSSR count). The molecule has 0 saturated carbocycles. The Morgan fingerprint density at radius 3 is 2.73 bits per heavy atom. The Bertz CT molecular complexity index is 1850. The summed E-state index contributed by atoms with van der Waals surface area (Å²) < 4.78 is 18.5. The topological polar surface area (TPSA) is 112 Å². The second-order valence-corrected chi connectivity index (χ2v) is 9.88. The monoisotopic (exact) mass is 545 g/mol. The highest BCUT2D eigenvalue weighted by Gasteiger charge is 2.19. The minimum atomic E-state index is -0.434. The van der Waals surface area contributed by atoms with Crippen molar-refractivity contribution in [2.75, 3.05) is 14.2 Å². The van der Waals surface area contributed by atoms with Gasteiger partial charge in [0.15, 0.2) is 0 Å². The van der Waals surface area contributed by atoms with Crippen LogP contribution in [0, 0.1) is 11.3 Å². The molecule has 9 heteroatoms. The Balaban J connectivity index is 1.44. The van der Waals surface area contributed by atoms with E-state index in [0.29, 0.717) is 41.1 Å². The number of esters is 1. The lowest BCUT2D eigenvalue weighted by molar-refractivity contribution is 0.0600. The molecular formula is C32H27N5O4. The van der Waals surface area contributed by atoms with Crippen LogP contribution in [0.5, 0.6) is 11.6 Å². The maximum Gasteiger partial charge on any atom is 0.338 e. The summed E-state index contributed by atoms with van der Waals surface area (Å²) in [6.07, 6.45) is 3.57. The van der Waals surface area contributed by atoms with Gasteiger partial charge in [-0.3, -0.25) is 4.98 Å². The first-order chi connectivity index (χ1) is 20.0. The number of fused-ring (bicyclic) bond motifs is 7. The molecule has 9 nitrogen and oxygen atoms in total. The fourth-order valence-electron chi connectivity index (χ4n) is 5.23. The molecule has 0 amide bonds. The van der Waals surface area contributed by atoms with E-state index in [4.69, 9.17) is 24.2 Å². The van der Waals surface area contributed by atoms with Crippen molar-refractivity contribution in [3.05, 3.63) is 100 Å². The molecule has 5 aromatic rings. The van der Waals surface area contributed by atoms with Crippen molar-refractivity contribution in [2.45, 2.75) is 25.9 Å². The standard InChI is InChI=1S/C32H27N5O4/c1-37-27-13-24(32(38)40-3)14-28(39-2)31(27)36-29(37)15-21-8-10-23-12-20(21)7-9-22-11-19(16-33)17-34-26(22)18-41-30-6-4-5-25(23)35-30/h4-6,8,10-14,17H,7,9,15,18H2,1-3H3. The Kier molecular flexibility index (Phi) is 6.81. The first-order valence-corrected chi connectivity index (χ1v) is 13.2. The Hall–Kier alpha value is -5.23. The predicted octanol–water partition coefficient (Wildman–Crippen LogP) is 4.97. The molecule has 0 saturated heterocycles. The van der Waals surface area contributed by atoms with Gasteiger partial charge in [-0.05, 0) is 59.9 Å². The number of benzene rings is 2. The van der Waals surface area contributed by atoms with Gasteiger partial charge in [0.25, 0.3) is 0 Å². The van der Waals surface area contributed by atoms with Crippen molar-refractivity contribution < 1.29 is 19.0 Å². The van der Waals surface area contributed by atoms with Gasteiger partial charge in [-0.15, -0.1) is 0 Å². The number of aryl methyl sites for hydroxylation is 3. The third-order valence-electron chi connectivity index (χ3n) is 7.47. The van der Waals surface area contributed by atoms with Crippen LogP contribution in [0.25, 0.3) is 22.3 Å². The summed E-state index contributed by atoms with van der Waals surface area (Å²) in [4.78, 5) is 26.4. The lowest BCUT2D eigenvalue weighted by atomic mass is 9.94. The van der Waals surface area contributed by atoms with E-state index in [-0.39, 0.29) is 6.61 Å². The van der Waals surface area contributed by atoms with Gasteiger partial charge in [0.2, 0.25) is 5.88 Å². The van der Waals surface area contributed by atoms with E-state index in [1.165, 1.54) is 7.11 Å². The molecule has 4 heterocycles. The van der Waals surface area contributed by atoms with Crippen molar-refractivity contribution in [2.24, 2.45) is 7.05 Å². The number of nitrogens with zero attached hydrogens (tertiary/aromatic N) is 5. The fourth-order valence-corrected chi connectivity index (χ4v) is 5.23. The van der Waals surface area contributed by atoms with Crippen molar-refractivity contribution in [1.82, 2.24) is 19.5 Å². The Morgan fingerprint density at radius 1 is 1.07 bits per heavy atom. The second kappa shape index (κ2) is 10.7. The van der Waals surface area contributed by atoms with E-state index < -0.39 is 5.97 Å². The summed E-state index contributed by atoms with van der Waals surface area (Å²) >= 11 is 0. The van der Waals surface area contributed by atoms with Crippen molar-refractivity contribution >= 4 is 17.0 Å². The third-order valence-corrected chi connectivity index (χ3v) is 7.47. The van der Waals surface area contributed by atoms with Crippen LogP contribution in [-0.4, -0.2) is 39.7 Å². The minimum Gasteiger partial charge on any atom is -0.494 e. The Labute approximate surface area is 237 Å². The number of aromatic nitrogens is 4. The number of carbonyl (C=O) groups is 1. The van der Waals surface area contributed by atoms with E-state index in [9.17, 15) is 10.1 Å². The quantitative estimate of drug-likeness (QED) is 0.291. The SMILES string of the molecule is COC(=O)c1cc(OC)c2nc(Cc3ccc4cc3CCc3cc(C#N)cnc3COc3cccc-4n3)n(C)c2c1. The average molecular weight is 546 g/mol. The molecule has 4 bridgehead atoms. The molecule has 0 fully saturated rings. The molecule has 0 spiro atoms. The van der Waals surface area contributed by atoms with Gasteiger partial charge >= 0.3 is 5.97 Å². The first-order valence-electron chi connectivity index (χ1n) is 13.2. The van der Waals surface area contributed by atoms with Crippen molar-refractivity contribution in [3.63, 3.8) is 0 Å². The zero-order valence-electron chi connectivity index (χ0n) is 23.0. The largest absolute Gasteiger partial charge is 0.494 e. The van der Waals surface area contributed by atoms with Crippen LogP contribution in [-0.2, 0) is 37.7 Å². The second-order valence-electron chi connectivity index (χ2n) is 9.88. The molecule has 204 valence electrons. The van der Waals surface area contributed by atoms with E-state index >= 15 is 0 Å². The highest BCUT2D eigenvalue weighted by molar-refractivity contribution is 5.96. The molecule has 0 radical (unpaired) electrons. The number of hydrogen-bond donors (Lipinski definition) is 0. The Morgan fingerprint density at radius 2 is 1.93 bits per heavy atom. The van der Waals surface area contributed by atoms with Crippen LogP contribution in [0.15, 0.2) is 60.8 Å². The van der Waals surface area contributed by atoms with E-state index in [1.54, 1.807) is 25.4 Å². The number of carbonyl (C=O) groups excluding carboxylic acids is 1. The molecule has 1 aliphatic rings. The number of pyridine rings is 2. The normalized spacial score (nSPS) is 12.3. The summed E-state index contributed by atoms with van der Waals surface area (Å²) in [5, 5.41) is 9.47. The molecule has 1 aliphatic heterocycles. The number of ether oxygens (including phenoxy) is 3. The zero-order chi connectivity index (χ0) is 28.5. The van der Waals surface area contributed by atoms with Crippen LogP contribution >= 0.6 is 0 Å². The lowest BCUT2D eigenvalue weighted by Gasteiger charge is -2.16. The van der Waals surface area contributed by atoms with Crippen LogP contribution < -0.4 is 9.47 Å². The van der Waals surface area contributed by atoms with Crippen LogP contribution in [0.1, 0.15) is 44.1 Å². The molecule has 0 N–H and O–H groups in total. The smallest absolute Gasteiger partial charge is 0.338 e. The minimum absolute atomic E-state index is 0.271. The van der Waals surface area contributed by atoms with Gasteiger partial charge in [-0.2, -0.15) is 5.26 Å². The molecular weight excluding hydrogens is 518 g/mol. The summed E-state index contributed by atoms with van der Waals surface area (Å²) in [5.74, 6) is 1.43. The van der Waals surface area contributed by atoms with Gasteiger partial charge in [-0.1, -0.05) is 18.2 Å². The van der Waals surface area contributed by atoms with Crippen molar-refractivity contribution in [1.29, 1.82) is 5.26 Å². The van der Waals surface area contributed by atoms with Crippen LogP contribution in [0.3, 0.4) is 0 Å². The van der Waals surface area contributed by atoms with Gasteiger partial charge < -0.3 is 18.8 Å². The van der Waals surface area contributed by atoms with Gasteiger partial charge in [0, 0.05) is 31.3 Å². The average Bonchev–Trinajstić information content (AvgIpc) is 3.32. The summed E-state index contributed by atoms with van der Waals surface area (Å²) in [7, 11) is 4.86. The highest BCUT2D eigenvalue weighted by Crippen LogP contribution is 2.31. The number of hydrogen-bond acceptors (Lipinski definition) is 8. The number of rotatable bonds is 4. The molecule has 2 aromatic carbocycles. The molecule has 41 heavy (non-hydrogen) atoms. The predicted molar refractivity (Wildman–Crippen MR) is 152 cm³/mol.